The Bertz CT molecular complexity index is 559. The SMILES string of the molecule is C=CCNC(=S)N/N=C(/C)[C@H]1C(=O)NC(=S)N(CC=C)C1=O. The summed E-state index contributed by atoms with van der Waals surface area (Å²) in [4.78, 5) is 25.6. The van der Waals surface area contributed by atoms with Gasteiger partial charge in [0.05, 0.1) is 5.71 Å². The first kappa shape index (κ1) is 17.9. The minimum absolute atomic E-state index is 0.0649. The van der Waals surface area contributed by atoms with Crippen molar-refractivity contribution in [1.82, 2.24) is 21.0 Å². The van der Waals surface area contributed by atoms with Crippen LogP contribution >= 0.6 is 24.4 Å². The summed E-state index contributed by atoms with van der Waals surface area (Å²) in [7, 11) is 0. The Balaban J connectivity index is 2.83. The molecule has 118 valence electrons. The van der Waals surface area contributed by atoms with Gasteiger partial charge in [-0.25, -0.2) is 0 Å². The van der Waals surface area contributed by atoms with Crippen LogP contribution in [0.1, 0.15) is 6.92 Å². The fourth-order valence-corrected chi connectivity index (χ4v) is 2.09. The highest BCUT2D eigenvalue weighted by Gasteiger charge is 2.39. The number of hydrogen-bond acceptors (Lipinski definition) is 5. The molecule has 0 radical (unpaired) electrons. The Labute approximate surface area is 139 Å². The molecule has 2 amide bonds. The van der Waals surface area contributed by atoms with E-state index in [-0.39, 0.29) is 22.5 Å². The predicted molar refractivity (Wildman–Crippen MR) is 93.2 cm³/mol. The van der Waals surface area contributed by atoms with Crippen LogP contribution < -0.4 is 16.1 Å². The Morgan fingerprint density at radius 1 is 1.45 bits per heavy atom. The molecule has 1 aliphatic rings. The van der Waals surface area contributed by atoms with Crippen molar-refractivity contribution in [3.8, 4) is 0 Å². The van der Waals surface area contributed by atoms with Gasteiger partial charge in [-0.1, -0.05) is 12.2 Å². The molecule has 0 unspecified atom stereocenters. The van der Waals surface area contributed by atoms with E-state index in [4.69, 9.17) is 24.4 Å². The highest BCUT2D eigenvalue weighted by atomic mass is 32.1. The Morgan fingerprint density at radius 2 is 2.14 bits per heavy atom. The fraction of sp³-hybridized carbons (Fsp3) is 0.308. The second kappa shape index (κ2) is 8.35. The van der Waals surface area contributed by atoms with Crippen LogP contribution in [0, 0.1) is 5.92 Å². The molecule has 1 fully saturated rings. The van der Waals surface area contributed by atoms with E-state index < -0.39 is 17.7 Å². The summed E-state index contributed by atoms with van der Waals surface area (Å²) in [6.45, 7) is 9.36. The normalized spacial score (nSPS) is 18.6. The molecule has 0 bridgehead atoms. The summed E-state index contributed by atoms with van der Waals surface area (Å²) in [5.41, 5.74) is 2.85. The summed E-state index contributed by atoms with van der Waals surface area (Å²) in [6, 6.07) is 0. The maximum atomic E-state index is 12.4. The number of carbonyl (C=O) groups is 2. The van der Waals surface area contributed by atoms with Crippen LogP contribution in [0.25, 0.3) is 0 Å². The smallest absolute Gasteiger partial charge is 0.247 e. The maximum absolute atomic E-state index is 12.4. The number of rotatable bonds is 6. The third-order valence-electron chi connectivity index (χ3n) is 2.72. The third kappa shape index (κ3) is 4.43. The quantitative estimate of drug-likeness (QED) is 0.209. The first-order chi connectivity index (χ1) is 10.4. The average Bonchev–Trinajstić information content (AvgIpc) is 2.47. The number of nitrogens with one attached hydrogen (secondary N) is 3. The first-order valence-electron chi connectivity index (χ1n) is 6.38. The molecule has 0 aromatic rings. The standard InChI is InChI=1S/C13H17N5O2S2/c1-4-6-14-12(21)17-16-8(3)9-10(19)15-13(22)18(7-5-2)11(9)20/h4-5,9H,1-2,6-7H2,3H3,(H2,14,17,21)(H,15,19,22)/b16-8-/t9-/m0/s1. The number of nitrogens with zero attached hydrogens (tertiary/aromatic N) is 2. The zero-order chi connectivity index (χ0) is 16.7. The van der Waals surface area contributed by atoms with Gasteiger partial charge in [-0.3, -0.25) is 19.9 Å². The summed E-state index contributed by atoms with van der Waals surface area (Å²) < 4.78 is 0. The van der Waals surface area contributed by atoms with Crippen LogP contribution in [-0.2, 0) is 9.59 Å². The lowest BCUT2D eigenvalue weighted by atomic mass is 10.00. The zero-order valence-electron chi connectivity index (χ0n) is 12.1. The van der Waals surface area contributed by atoms with E-state index in [1.165, 1.54) is 11.0 Å². The van der Waals surface area contributed by atoms with Gasteiger partial charge >= 0.3 is 0 Å². The topological polar surface area (TPSA) is 85.8 Å². The molecule has 7 nitrogen and oxygen atoms in total. The van der Waals surface area contributed by atoms with Gasteiger partial charge in [0, 0.05) is 13.1 Å². The molecule has 1 heterocycles. The number of hydrazone groups is 1. The van der Waals surface area contributed by atoms with Crippen LogP contribution in [0.4, 0.5) is 0 Å². The van der Waals surface area contributed by atoms with Crippen molar-refractivity contribution in [3.63, 3.8) is 0 Å². The lowest BCUT2D eigenvalue weighted by Gasteiger charge is -2.31. The summed E-state index contributed by atoms with van der Waals surface area (Å²) in [5, 5.41) is 9.59. The van der Waals surface area contributed by atoms with E-state index in [0.29, 0.717) is 6.54 Å². The summed E-state index contributed by atoms with van der Waals surface area (Å²) in [6.07, 6.45) is 3.16. The molecule has 3 N–H and O–H groups in total. The second-order valence-electron chi connectivity index (χ2n) is 4.33. The molecular weight excluding hydrogens is 322 g/mol. The van der Waals surface area contributed by atoms with Crippen LogP contribution in [0.5, 0.6) is 0 Å². The molecule has 22 heavy (non-hydrogen) atoms. The highest BCUT2D eigenvalue weighted by molar-refractivity contribution is 7.80. The minimum Gasteiger partial charge on any atom is -0.358 e. The van der Waals surface area contributed by atoms with Crippen LogP contribution in [0.2, 0.25) is 0 Å². The van der Waals surface area contributed by atoms with Crippen molar-refractivity contribution in [2.45, 2.75) is 6.92 Å². The number of amides is 2. The van der Waals surface area contributed by atoms with Crippen molar-refractivity contribution in [2.75, 3.05) is 13.1 Å². The Morgan fingerprint density at radius 3 is 2.73 bits per heavy atom. The molecular formula is C13H17N5O2S2. The number of carbonyl (C=O) groups excluding carboxylic acids is 2. The molecule has 0 aliphatic carbocycles. The molecule has 0 spiro atoms. The number of thiocarbonyl (C=S) groups is 2. The predicted octanol–water partition coefficient (Wildman–Crippen LogP) is 0.0579. The van der Waals surface area contributed by atoms with E-state index in [1.807, 2.05) is 0 Å². The maximum Gasteiger partial charge on any atom is 0.247 e. The molecule has 1 aliphatic heterocycles. The van der Waals surface area contributed by atoms with E-state index in [1.54, 1.807) is 13.0 Å². The molecule has 1 rings (SSSR count). The van der Waals surface area contributed by atoms with Gasteiger partial charge in [0.25, 0.3) is 0 Å². The van der Waals surface area contributed by atoms with Crippen molar-refractivity contribution in [2.24, 2.45) is 11.0 Å². The van der Waals surface area contributed by atoms with Gasteiger partial charge in [0.1, 0.15) is 0 Å². The molecule has 0 aromatic carbocycles. The zero-order valence-corrected chi connectivity index (χ0v) is 13.7. The molecule has 1 saturated heterocycles. The average molecular weight is 339 g/mol. The van der Waals surface area contributed by atoms with E-state index in [2.05, 4.69) is 34.3 Å². The largest absolute Gasteiger partial charge is 0.358 e. The van der Waals surface area contributed by atoms with Crippen LogP contribution in [0.3, 0.4) is 0 Å². The Kier molecular flexibility index (Phi) is 6.80. The van der Waals surface area contributed by atoms with Gasteiger partial charge in [-0.05, 0) is 31.4 Å². The monoisotopic (exact) mass is 339 g/mol. The van der Waals surface area contributed by atoms with E-state index in [9.17, 15) is 9.59 Å². The van der Waals surface area contributed by atoms with Crippen molar-refractivity contribution in [3.05, 3.63) is 25.3 Å². The van der Waals surface area contributed by atoms with Gasteiger partial charge in [0.15, 0.2) is 16.1 Å². The van der Waals surface area contributed by atoms with E-state index in [0.717, 1.165) is 0 Å². The van der Waals surface area contributed by atoms with Crippen molar-refractivity contribution in [1.29, 1.82) is 0 Å². The molecule has 9 heteroatoms. The van der Waals surface area contributed by atoms with E-state index >= 15 is 0 Å². The lowest BCUT2D eigenvalue weighted by molar-refractivity contribution is -0.137. The van der Waals surface area contributed by atoms with Crippen molar-refractivity contribution >= 4 is 52.2 Å². The third-order valence-corrected chi connectivity index (χ3v) is 3.28. The molecule has 1 atom stereocenters. The molecule has 0 aromatic heterocycles. The van der Waals surface area contributed by atoms with Crippen molar-refractivity contribution < 1.29 is 9.59 Å². The Hall–Kier alpha value is -2.13. The molecule has 0 saturated carbocycles. The summed E-state index contributed by atoms with van der Waals surface area (Å²) >= 11 is 9.94. The van der Waals surface area contributed by atoms with Gasteiger partial charge in [0.2, 0.25) is 11.8 Å². The fourth-order valence-electron chi connectivity index (χ4n) is 1.69. The van der Waals surface area contributed by atoms with Gasteiger partial charge in [-0.2, -0.15) is 5.10 Å². The van der Waals surface area contributed by atoms with Gasteiger partial charge < -0.3 is 10.6 Å². The van der Waals surface area contributed by atoms with Gasteiger partial charge in [-0.15, -0.1) is 13.2 Å². The highest BCUT2D eigenvalue weighted by Crippen LogP contribution is 2.12. The van der Waals surface area contributed by atoms with Crippen LogP contribution in [0.15, 0.2) is 30.4 Å². The lowest BCUT2D eigenvalue weighted by Crippen LogP contribution is -2.59. The summed E-state index contributed by atoms with van der Waals surface area (Å²) in [5.74, 6) is -2.01. The first-order valence-corrected chi connectivity index (χ1v) is 7.20. The second-order valence-corrected chi connectivity index (χ2v) is 5.12. The number of hydrogen-bond donors (Lipinski definition) is 3. The van der Waals surface area contributed by atoms with Crippen LogP contribution in [-0.4, -0.2) is 45.7 Å². The minimum atomic E-state index is -1.05.